The van der Waals surface area contributed by atoms with E-state index < -0.39 is 6.04 Å². The van der Waals surface area contributed by atoms with Gasteiger partial charge in [0.15, 0.2) is 5.82 Å². The number of rotatable bonds is 4. The molecule has 0 bridgehead atoms. The maximum atomic E-state index is 12.0. The van der Waals surface area contributed by atoms with E-state index in [9.17, 15) is 9.90 Å². The average molecular weight is 428 g/mol. The van der Waals surface area contributed by atoms with E-state index in [0.717, 1.165) is 27.9 Å². The van der Waals surface area contributed by atoms with Crippen molar-refractivity contribution in [1.82, 2.24) is 25.5 Å². The number of hydrogen-bond acceptors (Lipinski definition) is 7. The van der Waals surface area contributed by atoms with Crippen LogP contribution in [-0.2, 0) is 22.2 Å². The molecule has 2 N–H and O–H groups in total. The lowest BCUT2D eigenvalue weighted by Gasteiger charge is -2.31. The molecule has 3 rings (SSSR count). The van der Waals surface area contributed by atoms with Crippen molar-refractivity contribution < 1.29 is 9.90 Å². The Balaban J connectivity index is 2.04. The van der Waals surface area contributed by atoms with Gasteiger partial charge in [-0.1, -0.05) is 53.3 Å². The molecule has 1 aromatic carbocycles. The van der Waals surface area contributed by atoms with E-state index in [1.807, 2.05) is 34.7 Å². The second-order valence-electron chi connectivity index (χ2n) is 9.52. The highest BCUT2D eigenvalue weighted by atomic mass is 32.2. The molecule has 1 unspecified atom stereocenters. The Bertz CT molecular complexity index is 933. The maximum absolute atomic E-state index is 12.0. The summed E-state index contributed by atoms with van der Waals surface area (Å²) in [6.07, 6.45) is 4.84. The molecule has 7 nitrogen and oxygen atoms in total. The van der Waals surface area contributed by atoms with E-state index in [1.54, 1.807) is 0 Å². The van der Waals surface area contributed by atoms with Gasteiger partial charge in [0.2, 0.25) is 0 Å². The Hall–Kier alpha value is -2.61. The summed E-state index contributed by atoms with van der Waals surface area (Å²) in [6, 6.07) is 3.60. The zero-order valence-electron chi connectivity index (χ0n) is 18.3. The van der Waals surface area contributed by atoms with E-state index in [-0.39, 0.29) is 10.8 Å². The predicted molar refractivity (Wildman–Crippen MR) is 120 cm³/mol. The third-order valence-corrected chi connectivity index (χ3v) is 5.90. The number of aldehydes is 1. The molecule has 2 aromatic rings. The maximum Gasteiger partial charge on any atom is 0.168 e. The van der Waals surface area contributed by atoms with Crippen LogP contribution in [0.5, 0.6) is 5.75 Å². The van der Waals surface area contributed by atoms with E-state index in [0.29, 0.717) is 18.1 Å². The summed E-state index contributed by atoms with van der Waals surface area (Å²) in [5.74, 6) is 0.937. The van der Waals surface area contributed by atoms with Gasteiger partial charge in [0.05, 0.1) is 6.54 Å². The molecule has 0 fully saturated rings. The van der Waals surface area contributed by atoms with Crippen molar-refractivity contribution in [3.05, 3.63) is 51.2 Å². The second kappa shape index (κ2) is 8.26. The highest BCUT2D eigenvalue weighted by Gasteiger charge is 2.28. The summed E-state index contributed by atoms with van der Waals surface area (Å²) in [5.41, 5.74) is 2.32. The van der Waals surface area contributed by atoms with Crippen LogP contribution in [0.1, 0.15) is 64.1 Å². The van der Waals surface area contributed by atoms with Crippen molar-refractivity contribution in [2.75, 3.05) is 0 Å². The number of nitrogens with one attached hydrogen (secondary N) is 1. The van der Waals surface area contributed by atoms with Gasteiger partial charge in [-0.2, -0.15) is 0 Å². The van der Waals surface area contributed by atoms with E-state index in [1.165, 1.54) is 11.8 Å². The van der Waals surface area contributed by atoms with Crippen molar-refractivity contribution in [2.24, 2.45) is 0 Å². The normalized spacial score (nSPS) is 18.8. The van der Waals surface area contributed by atoms with Gasteiger partial charge < -0.3 is 14.8 Å². The average Bonchev–Trinajstić information content (AvgIpc) is 3.14. The molecule has 1 aliphatic rings. The van der Waals surface area contributed by atoms with Gasteiger partial charge in [-0.05, 0) is 50.4 Å². The van der Waals surface area contributed by atoms with Crippen LogP contribution < -0.4 is 0 Å². The van der Waals surface area contributed by atoms with Crippen LogP contribution in [-0.4, -0.2) is 43.0 Å². The number of H-pyrrole nitrogens is 1. The fourth-order valence-corrected chi connectivity index (χ4v) is 4.30. The number of nitrogens with zero attached hydrogens (tertiary/aromatic N) is 4. The predicted octanol–water partition coefficient (Wildman–Crippen LogP) is 4.13. The molecule has 8 heteroatoms. The minimum absolute atomic E-state index is 0.215. The van der Waals surface area contributed by atoms with Crippen LogP contribution in [0.4, 0.5) is 0 Å². The van der Waals surface area contributed by atoms with Crippen molar-refractivity contribution in [3.8, 4) is 5.75 Å². The standard InChI is InChI=1S/C22H29N5O2S/c1-21(2,3)15-9-14(10-16(20(15)29)22(4,5)6)11-18-17(13-28)27(7-8-30-18)12-19-23-25-26-24-19/h7-11,13,17,29H,12H2,1-6H3,(H,23,24,25,26). The van der Waals surface area contributed by atoms with E-state index in [2.05, 4.69) is 62.2 Å². The summed E-state index contributed by atoms with van der Waals surface area (Å²) in [7, 11) is 0. The van der Waals surface area contributed by atoms with Crippen LogP contribution in [0.25, 0.3) is 6.08 Å². The first-order chi connectivity index (χ1) is 14.0. The molecule has 0 saturated carbocycles. The number of carbonyl (C=O) groups excluding carboxylic acids is 1. The number of aromatic hydroxyl groups is 1. The number of phenolic OH excluding ortho intramolecular Hbond substituents is 1. The number of carbonyl (C=O) groups is 1. The summed E-state index contributed by atoms with van der Waals surface area (Å²) in [6.45, 7) is 12.9. The zero-order valence-corrected chi connectivity index (χ0v) is 19.1. The van der Waals surface area contributed by atoms with Gasteiger partial charge in [-0.25, -0.2) is 5.10 Å². The number of aromatic nitrogens is 4. The number of thioether (sulfide) groups is 1. The molecule has 160 valence electrons. The molecule has 1 aliphatic heterocycles. The molecule has 1 atom stereocenters. The van der Waals surface area contributed by atoms with Gasteiger partial charge in [0.25, 0.3) is 0 Å². The van der Waals surface area contributed by atoms with Gasteiger partial charge in [0, 0.05) is 22.2 Å². The lowest BCUT2D eigenvalue weighted by molar-refractivity contribution is -0.110. The fraction of sp³-hybridized carbons (Fsp3) is 0.455. The van der Waals surface area contributed by atoms with Gasteiger partial charge in [0.1, 0.15) is 18.1 Å². The minimum atomic E-state index is -0.435. The molecule has 0 spiro atoms. The monoisotopic (exact) mass is 427 g/mol. The number of phenols is 1. The fourth-order valence-electron chi connectivity index (χ4n) is 3.40. The quantitative estimate of drug-likeness (QED) is 0.708. The molecule has 30 heavy (non-hydrogen) atoms. The molecular formula is C22H29N5O2S. The third-order valence-electron chi connectivity index (χ3n) is 5.01. The van der Waals surface area contributed by atoms with Gasteiger partial charge >= 0.3 is 0 Å². The van der Waals surface area contributed by atoms with Crippen LogP contribution in [0, 0.1) is 0 Å². The molecule has 2 heterocycles. The number of benzene rings is 1. The minimum Gasteiger partial charge on any atom is -0.507 e. The molecule has 0 amide bonds. The molecule has 0 saturated heterocycles. The zero-order chi connectivity index (χ0) is 22.1. The second-order valence-corrected chi connectivity index (χ2v) is 10.5. The highest BCUT2D eigenvalue weighted by Crippen LogP contribution is 2.41. The van der Waals surface area contributed by atoms with E-state index >= 15 is 0 Å². The van der Waals surface area contributed by atoms with Crippen LogP contribution in [0.15, 0.2) is 28.6 Å². The molecule has 1 aromatic heterocycles. The van der Waals surface area contributed by atoms with E-state index in [4.69, 9.17) is 0 Å². The van der Waals surface area contributed by atoms with Gasteiger partial charge in [-0.3, -0.25) is 0 Å². The lowest BCUT2D eigenvalue weighted by Crippen LogP contribution is -2.34. The summed E-state index contributed by atoms with van der Waals surface area (Å²) in [5, 5.41) is 26.7. The topological polar surface area (TPSA) is 95.0 Å². The number of hydrogen-bond donors (Lipinski definition) is 2. The first-order valence-corrected chi connectivity index (χ1v) is 10.7. The number of aromatic amines is 1. The van der Waals surface area contributed by atoms with Crippen molar-refractivity contribution >= 4 is 24.1 Å². The van der Waals surface area contributed by atoms with Crippen molar-refractivity contribution in [2.45, 2.75) is 65.0 Å². The Morgan fingerprint density at radius 1 is 1.17 bits per heavy atom. The smallest absolute Gasteiger partial charge is 0.168 e. The van der Waals surface area contributed by atoms with Crippen molar-refractivity contribution in [3.63, 3.8) is 0 Å². The highest BCUT2D eigenvalue weighted by molar-refractivity contribution is 8.06. The van der Waals surface area contributed by atoms with Gasteiger partial charge in [-0.15, -0.1) is 5.10 Å². The largest absolute Gasteiger partial charge is 0.507 e. The Kier molecular flexibility index (Phi) is 6.08. The third kappa shape index (κ3) is 4.75. The Labute approximate surface area is 181 Å². The first-order valence-electron chi connectivity index (χ1n) is 9.87. The summed E-state index contributed by atoms with van der Waals surface area (Å²) >= 11 is 1.52. The lowest BCUT2D eigenvalue weighted by atomic mass is 9.78. The van der Waals surface area contributed by atoms with Crippen LogP contribution in [0.2, 0.25) is 0 Å². The Morgan fingerprint density at radius 2 is 1.80 bits per heavy atom. The van der Waals surface area contributed by atoms with Crippen LogP contribution >= 0.6 is 11.8 Å². The summed E-state index contributed by atoms with van der Waals surface area (Å²) in [4.78, 5) is 14.8. The SMILES string of the molecule is CC(C)(C)c1cc(C=C2SC=CN(Cc3nnn[nH]3)C2C=O)cc(C(C)(C)C)c1O. The van der Waals surface area contributed by atoms with Crippen LogP contribution in [0.3, 0.4) is 0 Å². The molecule has 0 aliphatic carbocycles. The molecular weight excluding hydrogens is 398 g/mol. The summed E-state index contributed by atoms with van der Waals surface area (Å²) < 4.78 is 0. The Morgan fingerprint density at radius 3 is 2.30 bits per heavy atom. The number of tetrazole rings is 1. The first kappa shape index (κ1) is 22.1. The molecule has 0 radical (unpaired) electrons. The van der Waals surface area contributed by atoms with Crippen molar-refractivity contribution in [1.29, 1.82) is 0 Å².